The van der Waals surface area contributed by atoms with Crippen molar-refractivity contribution in [2.24, 2.45) is 0 Å². The van der Waals surface area contributed by atoms with Gasteiger partial charge in [0, 0.05) is 29.3 Å². The number of alkyl halides is 3. The monoisotopic (exact) mass is 301 g/mol. The van der Waals surface area contributed by atoms with Crippen molar-refractivity contribution in [1.29, 1.82) is 0 Å². The molecule has 0 atom stereocenters. The molecule has 0 aliphatic heterocycles. The van der Waals surface area contributed by atoms with Crippen LogP contribution in [0.4, 0.5) is 18.9 Å². The Morgan fingerprint density at radius 3 is 2.71 bits per heavy atom. The molecule has 21 heavy (non-hydrogen) atoms. The van der Waals surface area contributed by atoms with E-state index in [9.17, 15) is 18.0 Å². The minimum atomic E-state index is -4.53. The molecule has 0 aliphatic carbocycles. The molecule has 1 amide bonds. The molecule has 0 saturated carbocycles. The number of rotatable bonds is 4. The molecule has 4 N–H and O–H groups in total. The van der Waals surface area contributed by atoms with Gasteiger partial charge in [0.2, 0.25) is 0 Å². The third-order valence-corrected chi connectivity index (χ3v) is 2.96. The fraction of sp³-hybridized carbons (Fsp3) is 0.308. The molecule has 0 spiro atoms. The van der Waals surface area contributed by atoms with Crippen LogP contribution in [-0.2, 0) is 0 Å². The predicted octanol–water partition coefficient (Wildman–Crippen LogP) is 1.75. The van der Waals surface area contributed by atoms with Crippen molar-refractivity contribution in [3.63, 3.8) is 0 Å². The normalized spacial score (nSPS) is 11.8. The molecular formula is C13H14F3N3O2. The number of nitrogen functional groups attached to an aromatic ring is 1. The summed E-state index contributed by atoms with van der Waals surface area (Å²) in [6, 6.07) is 4.78. The van der Waals surface area contributed by atoms with Crippen molar-refractivity contribution in [2.75, 3.05) is 25.4 Å². The van der Waals surface area contributed by atoms with Gasteiger partial charge in [-0.25, -0.2) is 0 Å². The molecule has 0 fully saturated rings. The summed E-state index contributed by atoms with van der Waals surface area (Å²) in [5, 5.41) is 9.30. The number of hydrogen-bond donors (Lipinski definition) is 3. The molecule has 5 nitrogen and oxygen atoms in total. The van der Waals surface area contributed by atoms with Gasteiger partial charge >= 0.3 is 6.18 Å². The molecule has 114 valence electrons. The predicted molar refractivity (Wildman–Crippen MR) is 71.8 cm³/mol. The Hall–Kier alpha value is -2.22. The first-order valence-corrected chi connectivity index (χ1v) is 6.15. The number of carbonyl (C=O) groups is 1. The maximum atomic E-state index is 12.5. The van der Waals surface area contributed by atoms with Gasteiger partial charge in [-0.3, -0.25) is 4.79 Å². The lowest BCUT2D eigenvalue weighted by Crippen LogP contribution is -2.40. The highest BCUT2D eigenvalue weighted by molar-refractivity contribution is 6.07. The first-order chi connectivity index (χ1) is 9.81. The Balaban J connectivity index is 2.36. The Bertz CT molecular complexity index is 652. The van der Waals surface area contributed by atoms with Crippen LogP contribution < -0.4 is 5.73 Å². The van der Waals surface area contributed by atoms with Crippen LogP contribution in [0.25, 0.3) is 10.9 Å². The Labute approximate surface area is 118 Å². The summed E-state index contributed by atoms with van der Waals surface area (Å²) < 4.78 is 37.5. The molecule has 0 unspecified atom stereocenters. The van der Waals surface area contributed by atoms with E-state index in [4.69, 9.17) is 10.8 Å². The van der Waals surface area contributed by atoms with E-state index in [2.05, 4.69) is 4.98 Å². The lowest BCUT2D eigenvalue weighted by Gasteiger charge is -2.22. The molecule has 0 radical (unpaired) electrons. The fourth-order valence-corrected chi connectivity index (χ4v) is 2.08. The minimum Gasteiger partial charge on any atom is -0.399 e. The summed E-state index contributed by atoms with van der Waals surface area (Å²) >= 11 is 0. The number of fused-ring (bicyclic) bond motifs is 1. The van der Waals surface area contributed by atoms with Crippen LogP contribution in [0.5, 0.6) is 0 Å². The third kappa shape index (κ3) is 3.46. The molecule has 1 heterocycles. The Morgan fingerprint density at radius 1 is 1.38 bits per heavy atom. The zero-order valence-corrected chi connectivity index (χ0v) is 10.9. The van der Waals surface area contributed by atoms with Crippen LogP contribution in [0.1, 0.15) is 10.4 Å². The van der Waals surface area contributed by atoms with Crippen LogP contribution in [0.15, 0.2) is 24.4 Å². The van der Waals surface area contributed by atoms with E-state index in [1.807, 2.05) is 0 Å². The van der Waals surface area contributed by atoms with Crippen LogP contribution >= 0.6 is 0 Å². The highest BCUT2D eigenvalue weighted by Gasteiger charge is 2.33. The second kappa shape index (κ2) is 5.65. The van der Waals surface area contributed by atoms with Crippen molar-refractivity contribution >= 4 is 22.5 Å². The smallest absolute Gasteiger partial charge is 0.399 e. The van der Waals surface area contributed by atoms with E-state index >= 15 is 0 Å². The quantitative estimate of drug-likeness (QED) is 0.752. The second-order valence-corrected chi connectivity index (χ2v) is 4.57. The Morgan fingerprint density at radius 2 is 2.10 bits per heavy atom. The van der Waals surface area contributed by atoms with Crippen LogP contribution in [-0.4, -0.2) is 46.8 Å². The van der Waals surface area contributed by atoms with E-state index in [1.165, 1.54) is 12.3 Å². The number of benzene rings is 1. The van der Waals surface area contributed by atoms with Gasteiger partial charge in [0.05, 0.1) is 12.2 Å². The number of H-pyrrole nitrogens is 1. The van der Waals surface area contributed by atoms with E-state index in [0.717, 1.165) is 0 Å². The highest BCUT2D eigenvalue weighted by Crippen LogP contribution is 2.24. The van der Waals surface area contributed by atoms with E-state index in [1.54, 1.807) is 12.1 Å². The molecule has 0 bridgehead atoms. The van der Waals surface area contributed by atoms with Gasteiger partial charge in [0.15, 0.2) is 0 Å². The molecular weight excluding hydrogens is 287 g/mol. The zero-order valence-electron chi connectivity index (χ0n) is 10.9. The molecule has 1 aromatic carbocycles. The van der Waals surface area contributed by atoms with E-state index in [0.29, 0.717) is 21.5 Å². The number of amides is 1. The van der Waals surface area contributed by atoms with Gasteiger partial charge in [0.25, 0.3) is 5.91 Å². The standard InChI is InChI=1S/C13H14F3N3O2/c14-13(15,16)7-19(3-4-20)12(21)10-6-18-11-2-1-8(17)5-9(10)11/h1-2,5-6,18,20H,3-4,7,17H2. The Kier molecular flexibility index (Phi) is 4.08. The topological polar surface area (TPSA) is 82.4 Å². The zero-order chi connectivity index (χ0) is 15.6. The average Bonchev–Trinajstić information content (AvgIpc) is 2.78. The minimum absolute atomic E-state index is 0.0926. The number of aromatic nitrogens is 1. The maximum Gasteiger partial charge on any atom is 0.406 e. The number of aliphatic hydroxyl groups is 1. The van der Waals surface area contributed by atoms with Crippen LogP contribution in [0, 0.1) is 0 Å². The van der Waals surface area contributed by atoms with Crippen molar-refractivity contribution in [3.8, 4) is 0 Å². The number of nitrogens with zero attached hydrogens (tertiary/aromatic N) is 1. The third-order valence-electron chi connectivity index (χ3n) is 2.96. The molecule has 1 aromatic heterocycles. The molecule has 8 heteroatoms. The van der Waals surface area contributed by atoms with Crippen LogP contribution in [0.2, 0.25) is 0 Å². The van der Waals surface area contributed by atoms with Crippen molar-refractivity contribution in [1.82, 2.24) is 9.88 Å². The van der Waals surface area contributed by atoms with E-state index < -0.39 is 31.8 Å². The summed E-state index contributed by atoms with van der Waals surface area (Å²) in [7, 11) is 0. The fourth-order valence-electron chi connectivity index (χ4n) is 2.08. The van der Waals surface area contributed by atoms with Gasteiger partial charge in [-0.2, -0.15) is 13.2 Å². The van der Waals surface area contributed by atoms with Gasteiger partial charge in [-0.15, -0.1) is 0 Å². The van der Waals surface area contributed by atoms with Crippen molar-refractivity contribution in [2.45, 2.75) is 6.18 Å². The average molecular weight is 301 g/mol. The summed E-state index contributed by atoms with van der Waals surface area (Å²) in [5.74, 6) is -0.807. The number of anilines is 1. The molecule has 0 aliphatic rings. The first-order valence-electron chi connectivity index (χ1n) is 6.15. The lowest BCUT2D eigenvalue weighted by atomic mass is 10.1. The summed E-state index contributed by atoms with van der Waals surface area (Å²) in [6.07, 6.45) is -3.19. The van der Waals surface area contributed by atoms with Crippen LogP contribution in [0.3, 0.4) is 0 Å². The number of aromatic amines is 1. The SMILES string of the molecule is Nc1ccc2[nH]cc(C(=O)N(CCO)CC(F)(F)F)c2c1. The first kappa shape index (κ1) is 15.2. The summed E-state index contributed by atoms with van der Waals surface area (Å²) in [4.78, 5) is 15.6. The number of nitrogens with two attached hydrogens (primary N) is 1. The highest BCUT2D eigenvalue weighted by atomic mass is 19.4. The van der Waals surface area contributed by atoms with Crippen molar-refractivity contribution in [3.05, 3.63) is 30.0 Å². The number of halogens is 3. The van der Waals surface area contributed by atoms with Gasteiger partial charge in [-0.05, 0) is 18.2 Å². The summed E-state index contributed by atoms with van der Waals surface area (Å²) in [5.41, 5.74) is 6.73. The lowest BCUT2D eigenvalue weighted by molar-refractivity contribution is -0.141. The number of nitrogens with one attached hydrogen (secondary N) is 1. The number of carbonyl (C=O) groups excluding carboxylic acids is 1. The number of hydrogen-bond acceptors (Lipinski definition) is 3. The van der Waals surface area contributed by atoms with Gasteiger partial charge < -0.3 is 20.7 Å². The molecule has 2 aromatic rings. The second-order valence-electron chi connectivity index (χ2n) is 4.57. The van der Waals surface area contributed by atoms with Gasteiger partial charge in [-0.1, -0.05) is 0 Å². The molecule has 2 rings (SSSR count). The maximum absolute atomic E-state index is 12.5. The van der Waals surface area contributed by atoms with Crippen molar-refractivity contribution < 1.29 is 23.1 Å². The number of aliphatic hydroxyl groups excluding tert-OH is 1. The van der Waals surface area contributed by atoms with Gasteiger partial charge in [0.1, 0.15) is 6.54 Å². The summed E-state index contributed by atoms with van der Waals surface area (Å²) in [6.45, 7) is -2.36. The van der Waals surface area contributed by atoms with E-state index in [-0.39, 0.29) is 5.56 Å². The largest absolute Gasteiger partial charge is 0.406 e. The molecule has 0 saturated heterocycles.